The molecule has 27 heavy (non-hydrogen) atoms. The number of ether oxygens (including phenoxy) is 2. The summed E-state index contributed by atoms with van der Waals surface area (Å²) >= 11 is 0. The Hall–Kier alpha value is -2.86. The van der Waals surface area contributed by atoms with Gasteiger partial charge in [0.15, 0.2) is 0 Å². The zero-order chi connectivity index (χ0) is 19.2. The first-order chi connectivity index (χ1) is 13.1. The summed E-state index contributed by atoms with van der Waals surface area (Å²) in [5.41, 5.74) is 2.14. The Labute approximate surface area is 157 Å². The highest BCUT2D eigenvalue weighted by molar-refractivity contribution is 6.00. The molecule has 0 fully saturated rings. The third-order valence-corrected chi connectivity index (χ3v) is 4.26. The van der Waals surface area contributed by atoms with Crippen LogP contribution >= 0.6 is 0 Å². The average molecular weight is 370 g/mol. The van der Waals surface area contributed by atoms with Gasteiger partial charge in [0.1, 0.15) is 17.3 Å². The van der Waals surface area contributed by atoms with Crippen molar-refractivity contribution in [2.24, 2.45) is 0 Å². The molecule has 0 bridgehead atoms. The lowest BCUT2D eigenvalue weighted by atomic mass is 10.2. The molecule has 0 saturated heterocycles. The second kappa shape index (κ2) is 8.68. The summed E-state index contributed by atoms with van der Waals surface area (Å²) in [6.45, 7) is 3.67. The number of aromatic nitrogens is 1. The van der Waals surface area contributed by atoms with Crippen LogP contribution in [0.25, 0.3) is 10.9 Å². The topological polar surface area (TPSA) is 52.5 Å². The number of carbonyl (C=O) groups excluding carboxylic acids is 1. The minimum atomic E-state index is -0.301. The lowest BCUT2D eigenvalue weighted by Crippen LogP contribution is -2.29. The van der Waals surface area contributed by atoms with Crippen LogP contribution in [0.4, 0.5) is 4.39 Å². The fraction of sp³-hybridized carbons (Fsp3) is 0.286. The minimum Gasteiger partial charge on any atom is -0.493 e. The van der Waals surface area contributed by atoms with Crippen LogP contribution in [0.2, 0.25) is 0 Å². The number of halogens is 1. The predicted molar refractivity (Wildman–Crippen MR) is 103 cm³/mol. The third-order valence-electron chi connectivity index (χ3n) is 4.26. The molecule has 1 heterocycles. The number of nitrogens with zero attached hydrogens (tertiary/aromatic N) is 1. The van der Waals surface area contributed by atoms with Gasteiger partial charge in [-0.3, -0.25) is 4.79 Å². The summed E-state index contributed by atoms with van der Waals surface area (Å²) in [7, 11) is 1.58. The molecule has 2 aromatic carbocycles. The van der Waals surface area contributed by atoms with Gasteiger partial charge in [-0.25, -0.2) is 4.39 Å². The van der Waals surface area contributed by atoms with Crippen molar-refractivity contribution < 1.29 is 18.7 Å². The molecule has 0 aliphatic heterocycles. The molecule has 0 saturated carbocycles. The molecular weight excluding hydrogens is 347 g/mol. The number of benzene rings is 2. The van der Waals surface area contributed by atoms with Gasteiger partial charge in [0.25, 0.3) is 5.91 Å². The molecule has 0 unspecified atom stereocenters. The molecular formula is C21H23FN2O3. The van der Waals surface area contributed by atoms with E-state index < -0.39 is 0 Å². The Morgan fingerprint density at radius 2 is 2.00 bits per heavy atom. The van der Waals surface area contributed by atoms with E-state index in [2.05, 4.69) is 5.32 Å². The smallest absolute Gasteiger partial charge is 0.268 e. The highest BCUT2D eigenvalue weighted by Crippen LogP contribution is 2.30. The summed E-state index contributed by atoms with van der Waals surface area (Å²) in [4.78, 5) is 12.7. The number of fused-ring (bicyclic) bond motifs is 1. The molecule has 6 heteroatoms. The van der Waals surface area contributed by atoms with Crippen LogP contribution in [0.3, 0.4) is 0 Å². The Morgan fingerprint density at radius 3 is 2.74 bits per heavy atom. The van der Waals surface area contributed by atoms with Gasteiger partial charge >= 0.3 is 0 Å². The Morgan fingerprint density at radius 1 is 1.19 bits per heavy atom. The lowest BCUT2D eigenvalue weighted by Gasteiger charge is -2.12. The molecule has 3 aromatic rings. The first-order valence-electron chi connectivity index (χ1n) is 8.90. The quantitative estimate of drug-likeness (QED) is 0.617. The van der Waals surface area contributed by atoms with Crippen molar-refractivity contribution in [3.05, 3.63) is 65.6 Å². The normalized spacial score (nSPS) is 10.9. The van der Waals surface area contributed by atoms with Crippen molar-refractivity contribution in [2.75, 3.05) is 26.9 Å². The first-order valence-corrected chi connectivity index (χ1v) is 8.90. The fourth-order valence-electron chi connectivity index (χ4n) is 3.07. The van der Waals surface area contributed by atoms with Gasteiger partial charge in [-0.05, 0) is 42.8 Å². The average Bonchev–Trinajstić information content (AvgIpc) is 3.02. The van der Waals surface area contributed by atoms with Gasteiger partial charge in [-0.2, -0.15) is 0 Å². The number of hydrogen-bond donors (Lipinski definition) is 1. The molecule has 1 aromatic heterocycles. The Bertz CT molecular complexity index is 936. The summed E-state index contributed by atoms with van der Waals surface area (Å²) in [5, 5.41) is 3.70. The maximum atomic E-state index is 13.6. The SMILES string of the molecule is CCOc1cccc2c1cc(C(=O)NCCOC)n2Cc1cccc(F)c1. The third kappa shape index (κ3) is 4.28. The van der Waals surface area contributed by atoms with Crippen LogP contribution in [0.15, 0.2) is 48.5 Å². The highest BCUT2D eigenvalue weighted by atomic mass is 19.1. The van der Waals surface area contributed by atoms with E-state index in [1.165, 1.54) is 12.1 Å². The van der Waals surface area contributed by atoms with E-state index in [4.69, 9.17) is 9.47 Å². The summed E-state index contributed by atoms with van der Waals surface area (Å²) in [6.07, 6.45) is 0. The predicted octanol–water partition coefficient (Wildman–Crippen LogP) is 3.60. The summed E-state index contributed by atoms with van der Waals surface area (Å²) < 4.78 is 26.2. The van der Waals surface area contributed by atoms with Crippen molar-refractivity contribution >= 4 is 16.8 Å². The lowest BCUT2D eigenvalue weighted by molar-refractivity contribution is 0.0928. The molecule has 0 aliphatic rings. The van der Waals surface area contributed by atoms with Gasteiger partial charge in [0.05, 0.1) is 18.7 Å². The van der Waals surface area contributed by atoms with Crippen molar-refractivity contribution in [1.82, 2.24) is 9.88 Å². The van der Waals surface area contributed by atoms with Gasteiger partial charge < -0.3 is 19.4 Å². The molecule has 0 atom stereocenters. The monoisotopic (exact) mass is 370 g/mol. The molecule has 1 amide bonds. The second-order valence-electron chi connectivity index (χ2n) is 6.12. The molecule has 3 rings (SSSR count). The van der Waals surface area contributed by atoms with Gasteiger partial charge in [0.2, 0.25) is 0 Å². The van der Waals surface area contributed by atoms with E-state index in [-0.39, 0.29) is 11.7 Å². The molecule has 0 radical (unpaired) electrons. The number of hydrogen-bond acceptors (Lipinski definition) is 3. The van der Waals surface area contributed by atoms with E-state index in [0.717, 1.165) is 22.2 Å². The molecule has 0 spiro atoms. The second-order valence-corrected chi connectivity index (χ2v) is 6.12. The zero-order valence-electron chi connectivity index (χ0n) is 15.5. The van der Waals surface area contributed by atoms with Crippen LogP contribution < -0.4 is 10.1 Å². The van der Waals surface area contributed by atoms with Crippen LogP contribution in [-0.2, 0) is 11.3 Å². The molecule has 1 N–H and O–H groups in total. The van der Waals surface area contributed by atoms with Crippen LogP contribution in [0.1, 0.15) is 23.0 Å². The van der Waals surface area contributed by atoms with Crippen LogP contribution in [0, 0.1) is 5.82 Å². The van der Waals surface area contributed by atoms with Crippen LogP contribution in [0.5, 0.6) is 5.75 Å². The highest BCUT2D eigenvalue weighted by Gasteiger charge is 2.18. The maximum absolute atomic E-state index is 13.6. The van der Waals surface area contributed by atoms with Crippen molar-refractivity contribution in [3.8, 4) is 5.75 Å². The van der Waals surface area contributed by atoms with Crippen LogP contribution in [-0.4, -0.2) is 37.3 Å². The molecule has 0 aliphatic carbocycles. The summed E-state index contributed by atoms with van der Waals surface area (Å²) in [5.74, 6) is 0.214. The van der Waals surface area contributed by atoms with Gasteiger partial charge in [0, 0.05) is 25.6 Å². The number of carbonyl (C=O) groups is 1. The summed E-state index contributed by atoms with van der Waals surface area (Å²) in [6, 6.07) is 13.9. The number of methoxy groups -OCH3 is 1. The molecule has 142 valence electrons. The Balaban J connectivity index is 2.05. The standard InChI is InChI=1S/C21H23FN2O3/c1-3-27-20-9-5-8-18-17(20)13-19(21(25)23-10-11-26-2)24(18)14-15-6-4-7-16(22)12-15/h4-9,12-13H,3,10-11,14H2,1-2H3,(H,23,25). The molecule has 5 nitrogen and oxygen atoms in total. The van der Waals surface area contributed by atoms with Gasteiger partial charge in [-0.1, -0.05) is 18.2 Å². The largest absolute Gasteiger partial charge is 0.493 e. The van der Waals surface area contributed by atoms with Crippen molar-refractivity contribution in [2.45, 2.75) is 13.5 Å². The fourth-order valence-corrected chi connectivity index (χ4v) is 3.07. The maximum Gasteiger partial charge on any atom is 0.268 e. The number of amides is 1. The number of nitrogens with one attached hydrogen (secondary N) is 1. The van der Waals surface area contributed by atoms with Gasteiger partial charge in [-0.15, -0.1) is 0 Å². The first kappa shape index (κ1) is 18.9. The van der Waals surface area contributed by atoms with E-state index in [9.17, 15) is 9.18 Å². The minimum absolute atomic E-state index is 0.206. The zero-order valence-corrected chi connectivity index (χ0v) is 15.5. The van der Waals surface area contributed by atoms with E-state index in [1.807, 2.05) is 41.8 Å². The van der Waals surface area contributed by atoms with Crippen molar-refractivity contribution in [3.63, 3.8) is 0 Å². The van der Waals surface area contributed by atoms with Crippen molar-refractivity contribution in [1.29, 1.82) is 0 Å². The Kier molecular flexibility index (Phi) is 6.08. The number of rotatable bonds is 8. The van der Waals surface area contributed by atoms with E-state index >= 15 is 0 Å². The van der Waals surface area contributed by atoms with E-state index in [0.29, 0.717) is 32.0 Å². The van der Waals surface area contributed by atoms with E-state index in [1.54, 1.807) is 13.2 Å².